The number of hydrogen-bond acceptors (Lipinski definition) is 3. The maximum Gasteiger partial charge on any atom is 0.328 e. The largest absolute Gasteiger partial charge is 0.464 e. The lowest BCUT2D eigenvalue weighted by molar-refractivity contribution is -0.146. The Morgan fingerprint density at radius 2 is 2.06 bits per heavy atom. The Balaban J connectivity index is 2.46. The number of esters is 1. The van der Waals surface area contributed by atoms with E-state index in [1.54, 1.807) is 6.33 Å². The molecule has 1 aromatic carbocycles. The molecule has 0 saturated heterocycles. The summed E-state index contributed by atoms with van der Waals surface area (Å²) in [6, 6.07) is 3.75. The van der Waals surface area contributed by atoms with E-state index in [2.05, 4.69) is 24.9 Å². The van der Waals surface area contributed by atoms with Crippen molar-refractivity contribution in [2.75, 3.05) is 6.61 Å². The summed E-state index contributed by atoms with van der Waals surface area (Å²) >= 11 is 0. The molecule has 2 rings (SSSR count). The van der Waals surface area contributed by atoms with Crippen LogP contribution < -0.4 is 0 Å². The lowest BCUT2D eigenvalue weighted by Gasteiger charge is -2.13. The molecule has 1 heterocycles. The minimum Gasteiger partial charge on any atom is -0.464 e. The van der Waals surface area contributed by atoms with Crippen LogP contribution in [0.15, 0.2) is 18.5 Å². The summed E-state index contributed by atoms with van der Waals surface area (Å²) < 4.78 is 6.90. The van der Waals surface area contributed by atoms with E-state index in [9.17, 15) is 4.79 Å². The summed E-state index contributed by atoms with van der Waals surface area (Å²) in [5.41, 5.74) is 4.28. The van der Waals surface area contributed by atoms with Gasteiger partial charge < -0.3 is 9.30 Å². The van der Waals surface area contributed by atoms with E-state index in [-0.39, 0.29) is 12.0 Å². The number of imidazole rings is 1. The fourth-order valence-corrected chi connectivity index (χ4v) is 1.97. The van der Waals surface area contributed by atoms with Crippen LogP contribution >= 0.6 is 0 Å². The van der Waals surface area contributed by atoms with E-state index in [1.165, 1.54) is 11.1 Å². The molecule has 4 nitrogen and oxygen atoms in total. The van der Waals surface area contributed by atoms with Crippen LogP contribution in [0.3, 0.4) is 0 Å². The number of rotatable bonds is 3. The second-order valence-electron chi connectivity index (χ2n) is 4.51. The standard InChI is InChI=1S/C14H18N2O2/c1-5-18-14(17)11(4)16-8-15-12-6-9(2)10(3)7-13(12)16/h6-8,11H,5H2,1-4H3/t11-/m1/s1. The average molecular weight is 246 g/mol. The first-order valence-corrected chi connectivity index (χ1v) is 6.15. The highest BCUT2D eigenvalue weighted by molar-refractivity contribution is 5.81. The predicted octanol–water partition coefficient (Wildman–Crippen LogP) is 2.78. The number of aryl methyl sites for hydroxylation is 2. The second kappa shape index (κ2) is 4.80. The highest BCUT2D eigenvalue weighted by Crippen LogP contribution is 2.22. The van der Waals surface area contributed by atoms with Crippen LogP contribution in [0, 0.1) is 13.8 Å². The van der Waals surface area contributed by atoms with Crippen molar-refractivity contribution < 1.29 is 9.53 Å². The number of fused-ring (bicyclic) bond motifs is 1. The van der Waals surface area contributed by atoms with E-state index >= 15 is 0 Å². The Morgan fingerprint density at radius 1 is 1.39 bits per heavy atom. The van der Waals surface area contributed by atoms with Crippen molar-refractivity contribution in [1.29, 1.82) is 0 Å². The number of hydrogen-bond donors (Lipinski definition) is 0. The Labute approximate surface area is 107 Å². The van der Waals surface area contributed by atoms with Crippen LogP contribution in [0.5, 0.6) is 0 Å². The number of aromatic nitrogens is 2. The smallest absolute Gasteiger partial charge is 0.328 e. The normalized spacial score (nSPS) is 12.7. The summed E-state index contributed by atoms with van der Waals surface area (Å²) in [6.07, 6.45) is 1.70. The molecule has 96 valence electrons. The molecule has 0 radical (unpaired) electrons. The van der Waals surface area contributed by atoms with Gasteiger partial charge in [-0.3, -0.25) is 0 Å². The third-order valence-electron chi connectivity index (χ3n) is 3.24. The van der Waals surface area contributed by atoms with Crippen molar-refractivity contribution in [3.8, 4) is 0 Å². The van der Waals surface area contributed by atoms with Gasteiger partial charge in [-0.15, -0.1) is 0 Å². The molecule has 1 atom stereocenters. The number of carbonyl (C=O) groups excluding carboxylic acids is 1. The zero-order valence-electron chi connectivity index (χ0n) is 11.2. The quantitative estimate of drug-likeness (QED) is 0.782. The first-order valence-electron chi connectivity index (χ1n) is 6.15. The Morgan fingerprint density at radius 3 is 2.72 bits per heavy atom. The molecule has 0 unspecified atom stereocenters. The third-order valence-corrected chi connectivity index (χ3v) is 3.24. The van der Waals surface area contributed by atoms with Gasteiger partial charge in [0.15, 0.2) is 0 Å². The van der Waals surface area contributed by atoms with Crippen molar-refractivity contribution in [3.63, 3.8) is 0 Å². The zero-order valence-corrected chi connectivity index (χ0v) is 11.2. The topological polar surface area (TPSA) is 44.1 Å². The van der Waals surface area contributed by atoms with Crippen molar-refractivity contribution in [2.24, 2.45) is 0 Å². The van der Waals surface area contributed by atoms with Crippen LogP contribution in [-0.4, -0.2) is 22.1 Å². The molecule has 0 spiro atoms. The van der Waals surface area contributed by atoms with Gasteiger partial charge in [-0.1, -0.05) is 0 Å². The van der Waals surface area contributed by atoms with Gasteiger partial charge in [0.2, 0.25) is 0 Å². The van der Waals surface area contributed by atoms with Gasteiger partial charge in [-0.25, -0.2) is 9.78 Å². The minimum absolute atomic E-state index is 0.227. The summed E-state index contributed by atoms with van der Waals surface area (Å²) in [4.78, 5) is 16.1. The maximum absolute atomic E-state index is 11.8. The highest BCUT2D eigenvalue weighted by Gasteiger charge is 2.18. The molecule has 18 heavy (non-hydrogen) atoms. The Hall–Kier alpha value is -1.84. The number of carbonyl (C=O) groups is 1. The molecule has 2 aromatic rings. The molecule has 0 N–H and O–H groups in total. The third kappa shape index (κ3) is 2.10. The first-order chi connectivity index (χ1) is 8.54. The molecule has 0 saturated carbocycles. The van der Waals surface area contributed by atoms with E-state index in [1.807, 2.05) is 24.5 Å². The number of nitrogens with zero attached hydrogens (tertiary/aromatic N) is 2. The van der Waals surface area contributed by atoms with Gasteiger partial charge in [0.1, 0.15) is 6.04 Å². The van der Waals surface area contributed by atoms with Gasteiger partial charge in [-0.2, -0.15) is 0 Å². The molecule has 0 aliphatic rings. The monoisotopic (exact) mass is 246 g/mol. The van der Waals surface area contributed by atoms with E-state index in [4.69, 9.17) is 4.74 Å². The summed E-state index contributed by atoms with van der Waals surface area (Å²) in [6.45, 7) is 8.15. The van der Waals surface area contributed by atoms with Crippen molar-refractivity contribution in [1.82, 2.24) is 9.55 Å². The summed E-state index contributed by atoms with van der Waals surface area (Å²) in [7, 11) is 0. The molecular formula is C14H18N2O2. The Kier molecular flexibility index (Phi) is 3.36. The van der Waals surface area contributed by atoms with E-state index in [0.717, 1.165) is 11.0 Å². The highest BCUT2D eigenvalue weighted by atomic mass is 16.5. The Bertz CT molecular complexity index is 587. The average Bonchev–Trinajstić information content (AvgIpc) is 2.72. The zero-order chi connectivity index (χ0) is 13.3. The summed E-state index contributed by atoms with van der Waals surface area (Å²) in [5, 5.41) is 0. The number of ether oxygens (including phenoxy) is 1. The summed E-state index contributed by atoms with van der Waals surface area (Å²) in [5.74, 6) is -0.227. The van der Waals surface area contributed by atoms with Gasteiger partial charge in [0.05, 0.1) is 24.0 Å². The SMILES string of the molecule is CCOC(=O)[C@@H](C)n1cnc2cc(C)c(C)cc21. The van der Waals surface area contributed by atoms with Crippen molar-refractivity contribution in [3.05, 3.63) is 29.6 Å². The predicted molar refractivity (Wildman–Crippen MR) is 70.6 cm³/mol. The molecular weight excluding hydrogens is 228 g/mol. The molecule has 0 fully saturated rings. The second-order valence-corrected chi connectivity index (χ2v) is 4.51. The molecule has 0 amide bonds. The van der Waals surface area contributed by atoms with Gasteiger partial charge >= 0.3 is 5.97 Å². The first kappa shape index (κ1) is 12.6. The van der Waals surface area contributed by atoms with Crippen LogP contribution in [0.1, 0.15) is 31.0 Å². The minimum atomic E-state index is -0.350. The van der Waals surface area contributed by atoms with Crippen LogP contribution in [0.25, 0.3) is 11.0 Å². The molecule has 0 bridgehead atoms. The van der Waals surface area contributed by atoms with E-state index in [0.29, 0.717) is 6.61 Å². The van der Waals surface area contributed by atoms with Gasteiger partial charge in [0, 0.05) is 0 Å². The van der Waals surface area contributed by atoms with Crippen LogP contribution in [-0.2, 0) is 9.53 Å². The fraction of sp³-hybridized carbons (Fsp3) is 0.429. The molecule has 0 aliphatic heterocycles. The van der Waals surface area contributed by atoms with Crippen LogP contribution in [0.2, 0.25) is 0 Å². The lowest BCUT2D eigenvalue weighted by Crippen LogP contribution is -2.18. The fourth-order valence-electron chi connectivity index (χ4n) is 1.97. The van der Waals surface area contributed by atoms with Gasteiger partial charge in [0.25, 0.3) is 0 Å². The lowest BCUT2D eigenvalue weighted by atomic mass is 10.1. The van der Waals surface area contributed by atoms with Crippen molar-refractivity contribution >= 4 is 17.0 Å². The maximum atomic E-state index is 11.8. The van der Waals surface area contributed by atoms with Crippen molar-refractivity contribution in [2.45, 2.75) is 33.7 Å². The molecule has 0 aliphatic carbocycles. The van der Waals surface area contributed by atoms with E-state index < -0.39 is 0 Å². The van der Waals surface area contributed by atoms with Crippen LogP contribution in [0.4, 0.5) is 0 Å². The number of benzene rings is 1. The van der Waals surface area contributed by atoms with Gasteiger partial charge in [-0.05, 0) is 51.0 Å². The molecule has 4 heteroatoms. The molecule has 1 aromatic heterocycles.